The molecule has 1 aromatic carbocycles. The van der Waals surface area contributed by atoms with Crippen LogP contribution in [-0.2, 0) is 16.0 Å². The van der Waals surface area contributed by atoms with E-state index in [1.165, 1.54) is 34.9 Å². The molecule has 0 bridgehead atoms. The van der Waals surface area contributed by atoms with E-state index in [2.05, 4.69) is 0 Å². The van der Waals surface area contributed by atoms with Crippen molar-refractivity contribution in [3.63, 3.8) is 0 Å². The van der Waals surface area contributed by atoms with E-state index in [1.807, 2.05) is 0 Å². The average Bonchev–Trinajstić information content (AvgIpc) is 2.43. The summed E-state index contributed by atoms with van der Waals surface area (Å²) in [4.78, 5) is 24.7. The third-order valence-electron chi connectivity index (χ3n) is 3.12. The van der Waals surface area contributed by atoms with E-state index in [1.54, 1.807) is 0 Å². The molecule has 1 fully saturated rings. The van der Waals surface area contributed by atoms with Crippen molar-refractivity contribution in [2.24, 2.45) is 0 Å². The summed E-state index contributed by atoms with van der Waals surface area (Å²) >= 11 is 7.37. The van der Waals surface area contributed by atoms with Gasteiger partial charge in [0.1, 0.15) is 11.9 Å². The number of carbonyl (C=O) groups is 2. The van der Waals surface area contributed by atoms with Crippen LogP contribution in [0.1, 0.15) is 5.56 Å². The lowest BCUT2D eigenvalue weighted by molar-refractivity contribution is -0.149. The normalized spacial score (nSPS) is 18.9. The highest BCUT2D eigenvalue weighted by Gasteiger charge is 2.32. The molecule has 1 unspecified atom stereocenters. The van der Waals surface area contributed by atoms with Crippen LogP contribution in [-0.4, -0.2) is 46.0 Å². The van der Waals surface area contributed by atoms with E-state index in [0.29, 0.717) is 18.1 Å². The minimum absolute atomic E-state index is 0.113. The van der Waals surface area contributed by atoms with E-state index >= 15 is 0 Å². The van der Waals surface area contributed by atoms with E-state index in [-0.39, 0.29) is 17.0 Å². The molecule has 0 aromatic heterocycles. The minimum atomic E-state index is -1.04. The number of nitrogens with zero attached hydrogens (tertiary/aromatic N) is 1. The molecule has 0 saturated carbocycles. The Morgan fingerprint density at radius 1 is 1.50 bits per heavy atom. The Labute approximate surface area is 124 Å². The number of aliphatic carboxylic acids is 1. The molecule has 2 rings (SSSR count). The Kier molecular flexibility index (Phi) is 4.88. The maximum atomic E-state index is 13.7. The molecule has 1 N–H and O–H groups in total. The van der Waals surface area contributed by atoms with Crippen molar-refractivity contribution < 1.29 is 19.1 Å². The Morgan fingerprint density at radius 3 is 2.90 bits per heavy atom. The van der Waals surface area contributed by atoms with Gasteiger partial charge in [-0.15, -0.1) is 0 Å². The molecule has 1 aliphatic rings. The van der Waals surface area contributed by atoms with Gasteiger partial charge < -0.3 is 10.0 Å². The first-order valence-corrected chi connectivity index (χ1v) is 7.57. The van der Waals surface area contributed by atoms with E-state index in [0.717, 1.165) is 0 Å². The first kappa shape index (κ1) is 15.1. The van der Waals surface area contributed by atoms with Gasteiger partial charge in [-0.05, 0) is 12.1 Å². The van der Waals surface area contributed by atoms with Gasteiger partial charge in [0.2, 0.25) is 5.91 Å². The summed E-state index contributed by atoms with van der Waals surface area (Å²) in [5, 5.41) is 9.30. The zero-order chi connectivity index (χ0) is 14.7. The first-order valence-electron chi connectivity index (χ1n) is 6.03. The third-order valence-corrected chi connectivity index (χ3v) is 4.50. The predicted octanol–water partition coefficient (Wildman–Crippen LogP) is 2.05. The van der Waals surface area contributed by atoms with Gasteiger partial charge in [0.25, 0.3) is 0 Å². The molecule has 0 radical (unpaired) electrons. The number of benzene rings is 1. The van der Waals surface area contributed by atoms with Crippen LogP contribution < -0.4 is 0 Å². The van der Waals surface area contributed by atoms with Crippen LogP contribution in [0.4, 0.5) is 4.39 Å². The minimum Gasteiger partial charge on any atom is -0.480 e. The van der Waals surface area contributed by atoms with Crippen LogP contribution in [0.5, 0.6) is 0 Å². The molecule has 1 aliphatic heterocycles. The molecular weight excluding hydrogens is 305 g/mol. The van der Waals surface area contributed by atoms with Crippen molar-refractivity contribution >= 4 is 35.2 Å². The predicted molar refractivity (Wildman–Crippen MR) is 75.6 cm³/mol. The van der Waals surface area contributed by atoms with Gasteiger partial charge in [0, 0.05) is 28.6 Å². The van der Waals surface area contributed by atoms with Crippen molar-refractivity contribution in [2.45, 2.75) is 12.5 Å². The summed E-state index contributed by atoms with van der Waals surface area (Å²) in [6, 6.07) is 3.35. The van der Waals surface area contributed by atoms with Crippen molar-refractivity contribution in [1.82, 2.24) is 4.90 Å². The molecule has 0 spiro atoms. The van der Waals surface area contributed by atoms with Crippen LogP contribution in [0, 0.1) is 5.82 Å². The number of hydrogen-bond acceptors (Lipinski definition) is 3. The number of rotatable bonds is 3. The van der Waals surface area contributed by atoms with Crippen LogP contribution >= 0.6 is 23.4 Å². The van der Waals surface area contributed by atoms with Gasteiger partial charge in [0.05, 0.1) is 6.42 Å². The molecule has 20 heavy (non-hydrogen) atoms. The summed E-state index contributed by atoms with van der Waals surface area (Å²) in [7, 11) is 0. The van der Waals surface area contributed by atoms with Crippen molar-refractivity contribution in [1.29, 1.82) is 0 Å². The number of halogens is 2. The van der Waals surface area contributed by atoms with Gasteiger partial charge in [-0.25, -0.2) is 9.18 Å². The van der Waals surface area contributed by atoms with Gasteiger partial charge >= 0.3 is 5.97 Å². The summed E-state index contributed by atoms with van der Waals surface area (Å²) < 4.78 is 13.7. The molecule has 1 amide bonds. The molecule has 1 atom stereocenters. The van der Waals surface area contributed by atoms with Crippen LogP contribution in [0.3, 0.4) is 0 Å². The molecule has 7 heteroatoms. The van der Waals surface area contributed by atoms with E-state index in [4.69, 9.17) is 16.7 Å². The van der Waals surface area contributed by atoms with Gasteiger partial charge in [-0.2, -0.15) is 11.8 Å². The Bertz CT molecular complexity index is 520. The first-order chi connectivity index (χ1) is 9.50. The fraction of sp³-hybridized carbons (Fsp3) is 0.385. The number of carboxylic acids is 1. The number of carbonyl (C=O) groups excluding carboxylic acids is 1. The van der Waals surface area contributed by atoms with E-state index < -0.39 is 23.7 Å². The fourth-order valence-corrected chi connectivity index (χ4v) is 3.33. The van der Waals surface area contributed by atoms with E-state index in [9.17, 15) is 14.0 Å². The van der Waals surface area contributed by atoms with Gasteiger partial charge in [-0.1, -0.05) is 17.7 Å². The zero-order valence-corrected chi connectivity index (χ0v) is 12.1. The SMILES string of the molecule is O=C(O)C1CSCCN1C(=O)Cc1c(F)cccc1Cl. The maximum absolute atomic E-state index is 13.7. The lowest BCUT2D eigenvalue weighted by atomic mass is 10.1. The molecule has 108 valence electrons. The number of amides is 1. The number of carboxylic acid groups (broad SMARTS) is 1. The van der Waals surface area contributed by atoms with Crippen LogP contribution in [0.2, 0.25) is 5.02 Å². The molecule has 1 heterocycles. The lowest BCUT2D eigenvalue weighted by Crippen LogP contribution is -2.50. The quantitative estimate of drug-likeness (QED) is 0.927. The highest BCUT2D eigenvalue weighted by molar-refractivity contribution is 7.99. The highest BCUT2D eigenvalue weighted by Crippen LogP contribution is 2.22. The summed E-state index contributed by atoms with van der Waals surface area (Å²) in [5.41, 5.74) is 0.113. The molecule has 0 aliphatic carbocycles. The Morgan fingerprint density at radius 2 is 2.25 bits per heavy atom. The Hall–Kier alpha value is -1.27. The standard InChI is InChI=1S/C13H13ClFNO3S/c14-9-2-1-3-10(15)8(9)6-12(17)16-4-5-20-7-11(16)13(18)19/h1-3,11H,4-7H2,(H,18,19). The summed E-state index contributed by atoms with van der Waals surface area (Å²) in [5.74, 6) is -0.967. The van der Waals surface area contributed by atoms with Crippen LogP contribution in [0.15, 0.2) is 18.2 Å². The monoisotopic (exact) mass is 317 g/mol. The lowest BCUT2D eigenvalue weighted by Gasteiger charge is -2.32. The molecular formula is C13H13ClFNO3S. The fourth-order valence-electron chi connectivity index (χ4n) is 2.06. The highest BCUT2D eigenvalue weighted by atomic mass is 35.5. The second kappa shape index (κ2) is 6.45. The molecule has 1 saturated heterocycles. The van der Waals surface area contributed by atoms with Crippen LogP contribution in [0.25, 0.3) is 0 Å². The van der Waals surface area contributed by atoms with Crippen molar-refractivity contribution in [2.75, 3.05) is 18.1 Å². The smallest absolute Gasteiger partial charge is 0.327 e. The molecule has 4 nitrogen and oxygen atoms in total. The van der Waals surface area contributed by atoms with Crippen molar-refractivity contribution in [3.8, 4) is 0 Å². The van der Waals surface area contributed by atoms with Gasteiger partial charge in [0.15, 0.2) is 0 Å². The summed E-state index contributed by atoms with van der Waals surface area (Å²) in [6.07, 6.45) is -0.222. The van der Waals surface area contributed by atoms with Gasteiger partial charge in [-0.3, -0.25) is 4.79 Å². The topological polar surface area (TPSA) is 57.6 Å². The van der Waals surface area contributed by atoms with Crippen molar-refractivity contribution in [3.05, 3.63) is 34.6 Å². The Balaban J connectivity index is 2.16. The third kappa shape index (κ3) is 3.24. The number of hydrogen-bond donors (Lipinski definition) is 1. The second-order valence-electron chi connectivity index (χ2n) is 4.39. The second-order valence-corrected chi connectivity index (χ2v) is 5.95. The molecule has 1 aromatic rings. The zero-order valence-electron chi connectivity index (χ0n) is 10.5. The largest absolute Gasteiger partial charge is 0.480 e. The average molecular weight is 318 g/mol. The summed E-state index contributed by atoms with van der Waals surface area (Å²) in [6.45, 7) is 0.354. The maximum Gasteiger partial charge on any atom is 0.327 e. The number of thioether (sulfide) groups is 1.